The summed E-state index contributed by atoms with van der Waals surface area (Å²) in [7, 11) is 0. The fraction of sp³-hybridized carbons (Fsp3) is 0.571. The Labute approximate surface area is 79.2 Å². The Bertz CT molecular complexity index is 177. The van der Waals surface area contributed by atoms with Crippen molar-refractivity contribution in [2.75, 3.05) is 11.9 Å². The van der Waals surface area contributed by atoms with Gasteiger partial charge in [0.05, 0.1) is 0 Å². The van der Waals surface area contributed by atoms with Crippen molar-refractivity contribution < 1.29 is 0 Å². The average Bonchev–Trinajstić information content (AvgIpc) is 2.50. The van der Waals surface area contributed by atoms with E-state index in [-0.39, 0.29) is 0 Å². The van der Waals surface area contributed by atoms with Gasteiger partial charge in [0, 0.05) is 23.5 Å². The third-order valence-corrected chi connectivity index (χ3v) is 2.59. The Kier molecular flexibility index (Phi) is 4.74. The molecule has 1 heterocycles. The molecular formula is C7H11BrN2S. The minimum Gasteiger partial charge on any atom is -0.310 e. The molecule has 0 atom stereocenters. The number of alkyl halides is 1. The van der Waals surface area contributed by atoms with Crippen LogP contribution in [0.15, 0.2) is 11.6 Å². The summed E-state index contributed by atoms with van der Waals surface area (Å²) in [4.78, 5) is 4.16. The van der Waals surface area contributed by atoms with Crippen LogP contribution in [0.25, 0.3) is 0 Å². The Morgan fingerprint density at radius 3 is 3.18 bits per heavy atom. The summed E-state index contributed by atoms with van der Waals surface area (Å²) in [5, 5.41) is 7.54. The highest BCUT2D eigenvalue weighted by Gasteiger charge is 1.92. The van der Waals surface area contributed by atoms with Gasteiger partial charge in [0.2, 0.25) is 0 Å². The molecule has 0 aromatic carbocycles. The molecule has 0 saturated heterocycles. The molecule has 0 spiro atoms. The molecule has 0 amide bonds. The average molecular weight is 235 g/mol. The number of thiazole rings is 1. The monoisotopic (exact) mass is 234 g/mol. The van der Waals surface area contributed by atoms with Gasteiger partial charge < -0.3 is 5.32 Å². The van der Waals surface area contributed by atoms with Gasteiger partial charge in [-0.05, 0) is 13.0 Å². The van der Waals surface area contributed by atoms with Crippen LogP contribution in [0.5, 0.6) is 0 Å². The number of rotatable bonds is 5. The van der Waals surface area contributed by atoms with E-state index in [2.05, 4.69) is 26.2 Å². The van der Waals surface area contributed by atoms with Crippen molar-refractivity contribution in [3.8, 4) is 0 Å². The van der Waals surface area contributed by atoms with E-state index < -0.39 is 0 Å². The van der Waals surface area contributed by atoms with Crippen molar-refractivity contribution in [2.24, 2.45) is 0 Å². The lowest BCUT2D eigenvalue weighted by atomic mass is 10.5. The van der Waals surface area contributed by atoms with Crippen LogP contribution in [0.1, 0.15) is 11.4 Å². The minimum atomic E-state index is 0.907. The second kappa shape index (κ2) is 5.69. The van der Waals surface area contributed by atoms with Crippen LogP contribution in [-0.4, -0.2) is 16.9 Å². The summed E-state index contributed by atoms with van der Waals surface area (Å²) < 4.78 is 0. The van der Waals surface area contributed by atoms with Gasteiger partial charge in [-0.2, -0.15) is 0 Å². The quantitative estimate of drug-likeness (QED) is 0.623. The standard InChI is InChI=1S/C7H11BrN2S/c8-2-1-3-9-6-7-10-4-5-11-7/h4-5,9H,1-3,6H2. The predicted octanol–water partition coefficient (Wildman–Crippen LogP) is 2.02. The molecule has 0 saturated carbocycles. The molecule has 1 aromatic rings. The third-order valence-electron chi connectivity index (χ3n) is 1.25. The molecule has 4 heteroatoms. The summed E-state index contributed by atoms with van der Waals surface area (Å²) in [5.74, 6) is 0. The molecular weight excluding hydrogens is 224 g/mol. The van der Waals surface area contributed by atoms with E-state index >= 15 is 0 Å². The highest BCUT2D eigenvalue weighted by atomic mass is 79.9. The number of nitrogens with zero attached hydrogens (tertiary/aromatic N) is 1. The number of aromatic nitrogens is 1. The largest absolute Gasteiger partial charge is 0.310 e. The highest BCUT2D eigenvalue weighted by molar-refractivity contribution is 9.09. The van der Waals surface area contributed by atoms with Gasteiger partial charge in [0.1, 0.15) is 5.01 Å². The zero-order valence-electron chi connectivity index (χ0n) is 6.22. The molecule has 2 nitrogen and oxygen atoms in total. The van der Waals surface area contributed by atoms with Crippen LogP contribution in [0.4, 0.5) is 0 Å². The fourth-order valence-electron chi connectivity index (χ4n) is 0.727. The molecule has 0 bridgehead atoms. The molecule has 1 aromatic heterocycles. The van der Waals surface area contributed by atoms with Gasteiger partial charge in [-0.3, -0.25) is 0 Å². The van der Waals surface area contributed by atoms with Crippen molar-refractivity contribution >= 4 is 27.3 Å². The maximum atomic E-state index is 4.16. The molecule has 0 unspecified atom stereocenters. The van der Waals surface area contributed by atoms with E-state index in [1.54, 1.807) is 11.3 Å². The molecule has 1 rings (SSSR count). The molecule has 0 aliphatic heterocycles. The van der Waals surface area contributed by atoms with Gasteiger partial charge in [0.25, 0.3) is 0 Å². The van der Waals surface area contributed by atoms with Gasteiger partial charge in [-0.15, -0.1) is 11.3 Å². The first-order valence-corrected chi connectivity index (χ1v) is 5.58. The van der Waals surface area contributed by atoms with E-state index in [1.807, 2.05) is 11.6 Å². The van der Waals surface area contributed by atoms with Crippen LogP contribution in [0, 0.1) is 0 Å². The van der Waals surface area contributed by atoms with E-state index in [9.17, 15) is 0 Å². The topological polar surface area (TPSA) is 24.9 Å². The van der Waals surface area contributed by atoms with E-state index in [0.717, 1.165) is 18.4 Å². The molecule has 1 N–H and O–H groups in total. The normalized spacial score (nSPS) is 10.3. The summed E-state index contributed by atoms with van der Waals surface area (Å²) >= 11 is 5.07. The summed E-state index contributed by atoms with van der Waals surface area (Å²) in [6.07, 6.45) is 3.01. The molecule has 0 aliphatic carbocycles. The van der Waals surface area contributed by atoms with E-state index in [0.29, 0.717) is 0 Å². The fourth-order valence-corrected chi connectivity index (χ4v) is 1.59. The lowest BCUT2D eigenvalue weighted by Crippen LogP contribution is -2.14. The van der Waals surface area contributed by atoms with Crippen molar-refractivity contribution in [1.82, 2.24) is 10.3 Å². The summed E-state index contributed by atoms with van der Waals surface area (Å²) in [6.45, 7) is 1.97. The van der Waals surface area contributed by atoms with Crippen molar-refractivity contribution in [2.45, 2.75) is 13.0 Å². The van der Waals surface area contributed by atoms with Crippen molar-refractivity contribution in [1.29, 1.82) is 0 Å². The van der Waals surface area contributed by atoms with Gasteiger partial charge in [-0.1, -0.05) is 15.9 Å². The maximum absolute atomic E-state index is 4.16. The predicted molar refractivity (Wildman–Crippen MR) is 52.2 cm³/mol. The molecule has 11 heavy (non-hydrogen) atoms. The summed E-state index contributed by atoms with van der Waals surface area (Å²) in [6, 6.07) is 0. The van der Waals surface area contributed by atoms with Crippen LogP contribution >= 0.6 is 27.3 Å². The minimum absolute atomic E-state index is 0.907. The molecule has 0 radical (unpaired) electrons. The van der Waals surface area contributed by atoms with E-state index in [4.69, 9.17) is 0 Å². The van der Waals surface area contributed by atoms with Gasteiger partial charge >= 0.3 is 0 Å². The number of nitrogens with one attached hydrogen (secondary N) is 1. The first-order valence-electron chi connectivity index (χ1n) is 3.58. The zero-order valence-corrected chi connectivity index (χ0v) is 8.62. The highest BCUT2D eigenvalue weighted by Crippen LogP contribution is 2.02. The Hall–Kier alpha value is 0.0700. The Balaban J connectivity index is 2.04. The first-order chi connectivity index (χ1) is 5.43. The van der Waals surface area contributed by atoms with Crippen LogP contribution in [0.3, 0.4) is 0 Å². The molecule has 0 fully saturated rings. The van der Waals surface area contributed by atoms with Gasteiger partial charge in [-0.25, -0.2) is 4.98 Å². The number of hydrogen-bond donors (Lipinski definition) is 1. The maximum Gasteiger partial charge on any atom is 0.106 e. The van der Waals surface area contributed by atoms with Crippen molar-refractivity contribution in [3.63, 3.8) is 0 Å². The number of halogens is 1. The Morgan fingerprint density at radius 1 is 1.64 bits per heavy atom. The smallest absolute Gasteiger partial charge is 0.106 e. The second-order valence-electron chi connectivity index (χ2n) is 2.15. The van der Waals surface area contributed by atoms with Crippen molar-refractivity contribution in [3.05, 3.63) is 16.6 Å². The molecule has 0 aliphatic rings. The van der Waals surface area contributed by atoms with E-state index in [1.165, 1.54) is 11.4 Å². The van der Waals surface area contributed by atoms with Crippen LogP contribution in [0.2, 0.25) is 0 Å². The third kappa shape index (κ3) is 3.84. The molecule has 62 valence electrons. The van der Waals surface area contributed by atoms with Crippen LogP contribution in [-0.2, 0) is 6.54 Å². The zero-order chi connectivity index (χ0) is 7.94. The first kappa shape index (κ1) is 9.16. The lowest BCUT2D eigenvalue weighted by molar-refractivity contribution is 0.677. The lowest BCUT2D eigenvalue weighted by Gasteiger charge is -1.98. The van der Waals surface area contributed by atoms with Crippen LogP contribution < -0.4 is 5.32 Å². The number of hydrogen-bond acceptors (Lipinski definition) is 3. The SMILES string of the molecule is BrCCCNCc1nccs1. The van der Waals surface area contributed by atoms with Gasteiger partial charge in [0.15, 0.2) is 0 Å². The Morgan fingerprint density at radius 2 is 2.55 bits per heavy atom. The second-order valence-corrected chi connectivity index (χ2v) is 3.92. The summed E-state index contributed by atoms with van der Waals surface area (Å²) in [5.41, 5.74) is 0.